The number of rotatable bonds is 2. The molecule has 0 bridgehead atoms. The molecule has 0 aliphatic rings. The lowest BCUT2D eigenvalue weighted by atomic mass is 10.2. The summed E-state index contributed by atoms with van der Waals surface area (Å²) in [4.78, 5) is 16.8. The van der Waals surface area contributed by atoms with Gasteiger partial charge in [-0.05, 0) is 54.9 Å². The van der Waals surface area contributed by atoms with E-state index in [1.54, 1.807) is 18.2 Å². The maximum atomic E-state index is 11.7. The van der Waals surface area contributed by atoms with Gasteiger partial charge in [-0.1, -0.05) is 11.6 Å². The predicted octanol–water partition coefficient (Wildman–Crippen LogP) is 3.56. The summed E-state index contributed by atoms with van der Waals surface area (Å²) in [6.45, 7) is 5.56. The highest BCUT2D eigenvalue weighted by atomic mass is 79.9. The molecule has 0 saturated carbocycles. The molecule has 3 nitrogen and oxygen atoms in total. The fourth-order valence-electron chi connectivity index (χ4n) is 0.896. The Labute approximate surface area is 108 Å². The molecule has 0 radical (unpaired) electrons. The monoisotopic (exact) mass is 305 g/mol. The van der Waals surface area contributed by atoms with Gasteiger partial charge in [-0.25, -0.2) is 5.48 Å². The number of hydrogen-bond donors (Lipinski definition) is 1. The first-order valence-corrected chi connectivity index (χ1v) is 5.90. The fourth-order valence-corrected chi connectivity index (χ4v) is 1.39. The third-order valence-electron chi connectivity index (χ3n) is 1.63. The number of hydrogen-bond acceptors (Lipinski definition) is 2. The molecule has 0 aliphatic heterocycles. The molecule has 88 valence electrons. The van der Waals surface area contributed by atoms with E-state index in [1.807, 2.05) is 20.8 Å². The Morgan fingerprint density at radius 1 is 1.44 bits per heavy atom. The second-order valence-electron chi connectivity index (χ2n) is 4.27. The van der Waals surface area contributed by atoms with Crippen LogP contribution in [0, 0.1) is 0 Å². The number of carbonyl (C=O) groups is 1. The van der Waals surface area contributed by atoms with Crippen LogP contribution in [0.4, 0.5) is 0 Å². The number of carbonyl (C=O) groups excluding carboxylic acids is 1. The van der Waals surface area contributed by atoms with Gasteiger partial charge in [0.25, 0.3) is 5.91 Å². The van der Waals surface area contributed by atoms with Crippen LogP contribution in [-0.4, -0.2) is 11.5 Å². The van der Waals surface area contributed by atoms with Crippen LogP contribution in [0.15, 0.2) is 22.7 Å². The second kappa shape index (κ2) is 5.17. The topological polar surface area (TPSA) is 38.3 Å². The van der Waals surface area contributed by atoms with Crippen molar-refractivity contribution in [2.24, 2.45) is 0 Å². The Hall–Kier alpha value is -0.580. The lowest BCUT2D eigenvalue weighted by Crippen LogP contribution is -2.33. The zero-order valence-electron chi connectivity index (χ0n) is 9.30. The van der Waals surface area contributed by atoms with Gasteiger partial charge < -0.3 is 0 Å². The van der Waals surface area contributed by atoms with Gasteiger partial charge in [-0.3, -0.25) is 9.63 Å². The van der Waals surface area contributed by atoms with Gasteiger partial charge in [0.15, 0.2) is 0 Å². The fraction of sp³-hybridized carbons (Fsp3) is 0.364. The maximum Gasteiger partial charge on any atom is 0.274 e. The molecule has 0 unspecified atom stereocenters. The van der Waals surface area contributed by atoms with Gasteiger partial charge in [0.05, 0.1) is 10.6 Å². The van der Waals surface area contributed by atoms with Crippen LogP contribution in [0.1, 0.15) is 31.1 Å². The van der Waals surface area contributed by atoms with E-state index in [0.29, 0.717) is 15.1 Å². The Morgan fingerprint density at radius 2 is 2.06 bits per heavy atom. The minimum Gasteiger partial charge on any atom is -0.268 e. The summed E-state index contributed by atoms with van der Waals surface area (Å²) in [5.41, 5.74) is 2.45. The first-order chi connectivity index (χ1) is 7.29. The molecule has 0 spiro atoms. The van der Waals surface area contributed by atoms with E-state index >= 15 is 0 Å². The molecule has 1 aromatic carbocycles. The average molecular weight is 307 g/mol. The molecule has 1 aromatic rings. The van der Waals surface area contributed by atoms with Crippen LogP contribution in [0.5, 0.6) is 0 Å². The molecule has 1 amide bonds. The highest BCUT2D eigenvalue weighted by Gasteiger charge is 2.14. The summed E-state index contributed by atoms with van der Waals surface area (Å²) in [7, 11) is 0. The van der Waals surface area contributed by atoms with Crippen molar-refractivity contribution in [3.8, 4) is 0 Å². The molecular weight excluding hydrogens is 293 g/mol. The number of halogens is 2. The van der Waals surface area contributed by atoms with E-state index in [2.05, 4.69) is 21.4 Å². The van der Waals surface area contributed by atoms with Gasteiger partial charge in [0.2, 0.25) is 0 Å². The quantitative estimate of drug-likeness (QED) is 0.848. The highest BCUT2D eigenvalue weighted by molar-refractivity contribution is 9.10. The Bertz CT molecular complexity index is 401. The molecule has 0 saturated heterocycles. The standard InChI is InChI=1S/C11H13BrClNO2/c1-11(2,3)16-14-10(15)7-4-5-9(13)8(12)6-7/h4-6H,1-3H3,(H,14,15). The SMILES string of the molecule is CC(C)(C)ONC(=O)c1ccc(Cl)c(Br)c1. The third-order valence-corrected chi connectivity index (χ3v) is 2.85. The van der Waals surface area contributed by atoms with Crippen LogP contribution in [0.3, 0.4) is 0 Å². The summed E-state index contributed by atoms with van der Waals surface area (Å²) in [5, 5.41) is 0.563. The molecule has 1 rings (SSSR count). The number of benzene rings is 1. The van der Waals surface area contributed by atoms with Crippen molar-refractivity contribution in [1.82, 2.24) is 5.48 Å². The van der Waals surface area contributed by atoms with Crippen molar-refractivity contribution < 1.29 is 9.63 Å². The molecule has 1 N–H and O–H groups in total. The van der Waals surface area contributed by atoms with Crippen molar-refractivity contribution in [2.75, 3.05) is 0 Å². The molecule has 0 heterocycles. The number of nitrogens with one attached hydrogen (secondary N) is 1. The van der Waals surface area contributed by atoms with Crippen molar-refractivity contribution in [3.05, 3.63) is 33.3 Å². The highest BCUT2D eigenvalue weighted by Crippen LogP contribution is 2.23. The molecule has 0 atom stereocenters. The Morgan fingerprint density at radius 3 is 2.56 bits per heavy atom. The zero-order valence-corrected chi connectivity index (χ0v) is 11.6. The largest absolute Gasteiger partial charge is 0.274 e. The van der Waals surface area contributed by atoms with E-state index in [4.69, 9.17) is 16.4 Å². The molecule has 0 aliphatic carbocycles. The summed E-state index contributed by atoms with van der Waals surface area (Å²) in [5.74, 6) is -0.299. The van der Waals surface area contributed by atoms with Gasteiger partial charge in [-0.15, -0.1) is 0 Å². The van der Waals surface area contributed by atoms with Crippen molar-refractivity contribution >= 4 is 33.4 Å². The minimum atomic E-state index is -0.417. The van der Waals surface area contributed by atoms with Crippen molar-refractivity contribution in [3.63, 3.8) is 0 Å². The van der Waals surface area contributed by atoms with Gasteiger partial charge in [-0.2, -0.15) is 0 Å². The van der Waals surface area contributed by atoms with Crippen LogP contribution >= 0.6 is 27.5 Å². The van der Waals surface area contributed by atoms with Crippen molar-refractivity contribution in [2.45, 2.75) is 26.4 Å². The summed E-state index contributed by atoms with van der Waals surface area (Å²) < 4.78 is 0.678. The lowest BCUT2D eigenvalue weighted by Gasteiger charge is -2.18. The van der Waals surface area contributed by atoms with Gasteiger partial charge in [0.1, 0.15) is 0 Å². The first kappa shape index (κ1) is 13.5. The summed E-state index contributed by atoms with van der Waals surface area (Å²) in [6.07, 6.45) is 0. The molecule has 16 heavy (non-hydrogen) atoms. The maximum absolute atomic E-state index is 11.7. The lowest BCUT2D eigenvalue weighted by molar-refractivity contribution is -0.0589. The minimum absolute atomic E-state index is 0.299. The second-order valence-corrected chi connectivity index (χ2v) is 5.54. The molecule has 0 fully saturated rings. The number of hydroxylamine groups is 1. The van der Waals surface area contributed by atoms with Crippen molar-refractivity contribution in [1.29, 1.82) is 0 Å². The van der Waals surface area contributed by atoms with Crippen LogP contribution in [0.2, 0.25) is 5.02 Å². The zero-order chi connectivity index (χ0) is 12.3. The Balaban J connectivity index is 2.70. The van der Waals surface area contributed by atoms with E-state index in [9.17, 15) is 4.79 Å². The predicted molar refractivity (Wildman–Crippen MR) is 67.5 cm³/mol. The average Bonchev–Trinajstić information content (AvgIpc) is 2.17. The van der Waals surface area contributed by atoms with Crippen LogP contribution in [0.25, 0.3) is 0 Å². The molecule has 5 heteroatoms. The van der Waals surface area contributed by atoms with Gasteiger partial charge in [0, 0.05) is 10.0 Å². The molecular formula is C11H13BrClNO2. The summed E-state index contributed by atoms with van der Waals surface area (Å²) in [6, 6.07) is 4.93. The smallest absolute Gasteiger partial charge is 0.268 e. The van der Waals surface area contributed by atoms with Gasteiger partial charge >= 0.3 is 0 Å². The van der Waals surface area contributed by atoms with E-state index in [0.717, 1.165) is 0 Å². The molecule has 0 aromatic heterocycles. The normalized spacial score (nSPS) is 11.3. The van der Waals surface area contributed by atoms with Crippen LogP contribution in [-0.2, 0) is 4.84 Å². The first-order valence-electron chi connectivity index (χ1n) is 4.73. The van der Waals surface area contributed by atoms with E-state index in [-0.39, 0.29) is 5.91 Å². The van der Waals surface area contributed by atoms with E-state index < -0.39 is 5.60 Å². The Kier molecular flexibility index (Phi) is 4.35. The third kappa shape index (κ3) is 4.12. The summed E-state index contributed by atoms with van der Waals surface area (Å²) >= 11 is 9.08. The van der Waals surface area contributed by atoms with E-state index in [1.165, 1.54) is 0 Å². The number of amides is 1. The van der Waals surface area contributed by atoms with Crippen LogP contribution < -0.4 is 5.48 Å².